The quantitative estimate of drug-likeness (QED) is 0.915. The molecule has 2 aromatic rings. The number of ether oxygens (including phenoxy) is 1. The van der Waals surface area contributed by atoms with Gasteiger partial charge in [0, 0.05) is 5.56 Å². The van der Waals surface area contributed by atoms with Crippen molar-refractivity contribution in [1.29, 1.82) is 0 Å². The molecule has 2 nitrogen and oxygen atoms in total. The highest BCUT2D eigenvalue weighted by Gasteiger charge is 2.18. The molecule has 0 saturated carbocycles. The number of benzene rings is 2. The van der Waals surface area contributed by atoms with Crippen molar-refractivity contribution in [3.05, 3.63) is 64.5 Å². The third-order valence-corrected chi connectivity index (χ3v) is 3.51. The summed E-state index contributed by atoms with van der Waals surface area (Å²) in [6.45, 7) is 3.85. The molecule has 0 bridgehead atoms. The number of hydrogen-bond donors (Lipinski definition) is 1. The first kappa shape index (κ1) is 14.5. The van der Waals surface area contributed by atoms with Gasteiger partial charge in [-0.2, -0.15) is 0 Å². The highest BCUT2D eigenvalue weighted by atomic mass is 19.1. The van der Waals surface area contributed by atoms with Crippen LogP contribution in [0.5, 0.6) is 5.75 Å². The normalized spacial score (nSPS) is 12.2. The second-order valence-corrected chi connectivity index (χ2v) is 4.97. The van der Waals surface area contributed by atoms with Crippen LogP contribution in [0.1, 0.15) is 28.3 Å². The van der Waals surface area contributed by atoms with Crippen LogP contribution < -0.4 is 10.1 Å². The van der Waals surface area contributed by atoms with Crippen molar-refractivity contribution in [2.45, 2.75) is 19.9 Å². The fourth-order valence-electron chi connectivity index (χ4n) is 2.57. The van der Waals surface area contributed by atoms with Gasteiger partial charge in [0.05, 0.1) is 13.2 Å². The number of halogens is 1. The van der Waals surface area contributed by atoms with E-state index in [1.807, 2.05) is 51.2 Å². The molecule has 0 amide bonds. The average Bonchev–Trinajstić information content (AvgIpc) is 2.43. The Morgan fingerprint density at radius 3 is 2.25 bits per heavy atom. The van der Waals surface area contributed by atoms with Gasteiger partial charge in [-0.3, -0.25) is 0 Å². The zero-order valence-corrected chi connectivity index (χ0v) is 12.3. The molecule has 1 unspecified atom stereocenters. The highest BCUT2D eigenvalue weighted by molar-refractivity contribution is 5.41. The van der Waals surface area contributed by atoms with E-state index in [0.717, 1.165) is 22.4 Å². The molecule has 3 heteroatoms. The molecule has 0 spiro atoms. The largest absolute Gasteiger partial charge is 0.497 e. The second kappa shape index (κ2) is 6.06. The molecular weight excluding hydrogens is 253 g/mol. The summed E-state index contributed by atoms with van der Waals surface area (Å²) >= 11 is 0. The summed E-state index contributed by atoms with van der Waals surface area (Å²) < 4.78 is 19.5. The Morgan fingerprint density at radius 1 is 1.10 bits per heavy atom. The van der Waals surface area contributed by atoms with Crippen molar-refractivity contribution in [3.63, 3.8) is 0 Å². The van der Waals surface area contributed by atoms with Crippen LogP contribution >= 0.6 is 0 Å². The molecule has 20 heavy (non-hydrogen) atoms. The topological polar surface area (TPSA) is 21.3 Å². The average molecular weight is 273 g/mol. The summed E-state index contributed by atoms with van der Waals surface area (Å²) in [7, 11) is 3.47. The predicted octanol–water partition coefficient (Wildman–Crippen LogP) is 3.76. The van der Waals surface area contributed by atoms with Gasteiger partial charge in [-0.25, -0.2) is 4.39 Å². The number of aryl methyl sites for hydroxylation is 2. The summed E-state index contributed by atoms with van der Waals surface area (Å²) in [5.41, 5.74) is 3.61. The summed E-state index contributed by atoms with van der Waals surface area (Å²) in [5, 5.41) is 3.19. The molecule has 0 aliphatic carbocycles. The predicted molar refractivity (Wildman–Crippen MR) is 79.8 cm³/mol. The van der Waals surface area contributed by atoms with Crippen LogP contribution in [0.25, 0.3) is 0 Å². The fraction of sp³-hybridized carbons (Fsp3) is 0.294. The van der Waals surface area contributed by atoms with Gasteiger partial charge in [-0.05, 0) is 55.8 Å². The lowest BCUT2D eigenvalue weighted by Crippen LogP contribution is -2.20. The standard InChI is InChI=1S/C17H20FNO/c1-11-9-12(2)16(15(18)10-11)17(19-3)13-5-7-14(20-4)8-6-13/h5-10,17,19H,1-4H3. The molecular formula is C17H20FNO. The zero-order valence-electron chi connectivity index (χ0n) is 12.3. The Kier molecular flexibility index (Phi) is 4.40. The van der Waals surface area contributed by atoms with Gasteiger partial charge in [0.15, 0.2) is 0 Å². The molecule has 2 aromatic carbocycles. The van der Waals surface area contributed by atoms with Crippen LogP contribution in [0.4, 0.5) is 4.39 Å². The van der Waals surface area contributed by atoms with Crippen molar-refractivity contribution in [2.75, 3.05) is 14.2 Å². The summed E-state index contributed by atoms with van der Waals surface area (Å²) in [5.74, 6) is 0.627. The van der Waals surface area contributed by atoms with Crippen LogP contribution in [0, 0.1) is 19.7 Å². The summed E-state index contributed by atoms with van der Waals surface area (Å²) in [6.07, 6.45) is 0. The molecule has 0 fully saturated rings. The van der Waals surface area contributed by atoms with Crippen molar-refractivity contribution in [1.82, 2.24) is 5.32 Å². The van der Waals surface area contributed by atoms with E-state index in [1.165, 1.54) is 0 Å². The third-order valence-electron chi connectivity index (χ3n) is 3.51. The molecule has 0 radical (unpaired) electrons. The van der Waals surface area contributed by atoms with Crippen LogP contribution in [-0.2, 0) is 0 Å². The van der Waals surface area contributed by atoms with E-state index in [0.29, 0.717) is 5.56 Å². The maximum atomic E-state index is 14.3. The molecule has 0 aromatic heterocycles. The summed E-state index contributed by atoms with van der Waals surface area (Å²) in [4.78, 5) is 0. The minimum Gasteiger partial charge on any atom is -0.497 e. The molecule has 2 rings (SSSR count). The van der Waals surface area contributed by atoms with Crippen LogP contribution in [0.2, 0.25) is 0 Å². The highest BCUT2D eigenvalue weighted by Crippen LogP contribution is 2.29. The molecule has 0 heterocycles. The van der Waals surface area contributed by atoms with Gasteiger partial charge in [-0.1, -0.05) is 18.2 Å². The Hall–Kier alpha value is -1.87. The Bertz CT molecular complexity index is 569. The van der Waals surface area contributed by atoms with Crippen LogP contribution in [-0.4, -0.2) is 14.2 Å². The van der Waals surface area contributed by atoms with Gasteiger partial charge in [0.2, 0.25) is 0 Å². The van der Waals surface area contributed by atoms with E-state index in [1.54, 1.807) is 13.2 Å². The van der Waals surface area contributed by atoms with Gasteiger partial charge in [0.1, 0.15) is 11.6 Å². The lowest BCUT2D eigenvalue weighted by molar-refractivity contribution is 0.414. The smallest absolute Gasteiger partial charge is 0.128 e. The monoisotopic (exact) mass is 273 g/mol. The van der Waals surface area contributed by atoms with Gasteiger partial charge in [0.25, 0.3) is 0 Å². The van der Waals surface area contributed by atoms with Crippen molar-refractivity contribution < 1.29 is 9.13 Å². The molecule has 1 atom stereocenters. The van der Waals surface area contributed by atoms with Crippen LogP contribution in [0.3, 0.4) is 0 Å². The maximum Gasteiger partial charge on any atom is 0.128 e. The van der Waals surface area contributed by atoms with E-state index in [4.69, 9.17) is 4.74 Å². The molecule has 106 valence electrons. The van der Waals surface area contributed by atoms with E-state index < -0.39 is 0 Å². The number of methoxy groups -OCH3 is 1. The van der Waals surface area contributed by atoms with Gasteiger partial charge in [-0.15, -0.1) is 0 Å². The first-order chi connectivity index (χ1) is 9.56. The lowest BCUT2D eigenvalue weighted by Gasteiger charge is -2.21. The summed E-state index contributed by atoms with van der Waals surface area (Å²) in [6, 6.07) is 11.1. The van der Waals surface area contributed by atoms with Crippen LogP contribution in [0.15, 0.2) is 36.4 Å². The van der Waals surface area contributed by atoms with E-state index in [9.17, 15) is 4.39 Å². The minimum absolute atomic E-state index is 0.165. The van der Waals surface area contributed by atoms with Crippen molar-refractivity contribution >= 4 is 0 Å². The first-order valence-corrected chi connectivity index (χ1v) is 6.64. The van der Waals surface area contributed by atoms with E-state index in [2.05, 4.69) is 5.32 Å². The van der Waals surface area contributed by atoms with Gasteiger partial charge >= 0.3 is 0 Å². The number of rotatable bonds is 4. The molecule has 1 N–H and O–H groups in total. The Morgan fingerprint density at radius 2 is 1.75 bits per heavy atom. The van der Waals surface area contributed by atoms with Crippen molar-refractivity contribution in [2.24, 2.45) is 0 Å². The zero-order chi connectivity index (χ0) is 14.7. The minimum atomic E-state index is -0.169. The second-order valence-electron chi connectivity index (χ2n) is 4.97. The van der Waals surface area contributed by atoms with Crippen molar-refractivity contribution in [3.8, 4) is 5.75 Å². The molecule has 0 aliphatic rings. The Balaban J connectivity index is 2.46. The molecule has 0 aliphatic heterocycles. The van der Waals surface area contributed by atoms with E-state index >= 15 is 0 Å². The molecule has 0 saturated heterocycles. The first-order valence-electron chi connectivity index (χ1n) is 6.64. The van der Waals surface area contributed by atoms with Gasteiger partial charge < -0.3 is 10.1 Å². The Labute approximate surface area is 119 Å². The number of hydrogen-bond acceptors (Lipinski definition) is 2. The third kappa shape index (κ3) is 2.83. The number of nitrogens with one attached hydrogen (secondary N) is 1. The lowest BCUT2D eigenvalue weighted by atomic mass is 9.93. The van der Waals surface area contributed by atoms with E-state index in [-0.39, 0.29) is 11.9 Å². The fourth-order valence-corrected chi connectivity index (χ4v) is 2.57. The maximum absolute atomic E-state index is 14.3. The SMILES string of the molecule is CNC(c1ccc(OC)cc1)c1c(C)cc(C)cc1F.